The van der Waals surface area contributed by atoms with Gasteiger partial charge in [0.05, 0.1) is 4.90 Å². The van der Waals surface area contributed by atoms with E-state index < -0.39 is 10.0 Å². The van der Waals surface area contributed by atoms with Crippen molar-refractivity contribution in [2.75, 3.05) is 19.6 Å². The first-order valence-electron chi connectivity index (χ1n) is 6.49. The zero-order valence-electron chi connectivity index (χ0n) is 10.8. The van der Waals surface area contributed by atoms with Crippen molar-refractivity contribution in [3.05, 3.63) is 28.2 Å². The van der Waals surface area contributed by atoms with Crippen LogP contribution in [-0.4, -0.2) is 38.4 Å². The Kier molecular flexibility index (Phi) is 3.45. The van der Waals surface area contributed by atoms with Crippen LogP contribution in [0, 0.1) is 12.8 Å². The van der Waals surface area contributed by atoms with E-state index in [0.717, 1.165) is 25.1 Å². The summed E-state index contributed by atoms with van der Waals surface area (Å²) in [6.07, 6.45) is 0.959. The average Bonchev–Trinajstić information content (AvgIpc) is 2.88. The number of fused-ring (bicyclic) bond motifs is 1. The molecular weight excluding hydrogens is 328 g/mol. The number of aryl methyl sites for hydroxylation is 1. The summed E-state index contributed by atoms with van der Waals surface area (Å²) in [4.78, 5) is 0.380. The third-order valence-electron chi connectivity index (χ3n) is 4.07. The van der Waals surface area contributed by atoms with E-state index in [2.05, 4.69) is 21.2 Å². The maximum absolute atomic E-state index is 12.8. The van der Waals surface area contributed by atoms with Gasteiger partial charge in [0.2, 0.25) is 10.0 Å². The summed E-state index contributed by atoms with van der Waals surface area (Å²) in [6, 6.07) is 5.52. The van der Waals surface area contributed by atoms with E-state index >= 15 is 0 Å². The quantitative estimate of drug-likeness (QED) is 0.888. The number of nitrogens with zero attached hydrogens (tertiary/aromatic N) is 1. The van der Waals surface area contributed by atoms with Gasteiger partial charge in [-0.2, -0.15) is 4.31 Å². The fourth-order valence-electron chi connectivity index (χ4n) is 3.05. The lowest BCUT2D eigenvalue weighted by Gasteiger charge is -2.23. The Balaban J connectivity index is 1.98. The zero-order chi connectivity index (χ0) is 13.6. The fraction of sp³-hybridized carbons (Fsp3) is 0.538. The maximum Gasteiger partial charge on any atom is 0.244 e. The summed E-state index contributed by atoms with van der Waals surface area (Å²) in [5.41, 5.74) is 1.05. The molecule has 0 radical (unpaired) electrons. The number of benzene rings is 1. The second-order valence-corrected chi connectivity index (χ2v) is 8.04. The van der Waals surface area contributed by atoms with Crippen LogP contribution < -0.4 is 5.32 Å². The van der Waals surface area contributed by atoms with E-state index in [1.54, 1.807) is 10.4 Å². The van der Waals surface area contributed by atoms with E-state index in [1.165, 1.54) is 0 Å². The minimum absolute atomic E-state index is 0.123. The van der Waals surface area contributed by atoms with Gasteiger partial charge < -0.3 is 5.32 Å². The Hall–Kier alpha value is -0.430. The molecule has 0 aliphatic carbocycles. The predicted molar refractivity (Wildman–Crippen MR) is 77.5 cm³/mol. The third kappa shape index (κ3) is 2.24. The lowest BCUT2D eigenvalue weighted by Crippen LogP contribution is -2.39. The van der Waals surface area contributed by atoms with Gasteiger partial charge in [0.25, 0.3) is 0 Å². The van der Waals surface area contributed by atoms with Crippen LogP contribution in [-0.2, 0) is 10.0 Å². The molecule has 2 atom stereocenters. The van der Waals surface area contributed by atoms with Crippen LogP contribution in [0.5, 0.6) is 0 Å². The van der Waals surface area contributed by atoms with Crippen LogP contribution >= 0.6 is 15.9 Å². The third-order valence-corrected chi connectivity index (χ3v) is 6.97. The van der Waals surface area contributed by atoms with Crippen LogP contribution in [0.15, 0.2) is 27.6 Å². The van der Waals surface area contributed by atoms with Crippen LogP contribution in [0.1, 0.15) is 12.0 Å². The summed E-state index contributed by atoms with van der Waals surface area (Å²) < 4.78 is 27.9. The van der Waals surface area contributed by atoms with Gasteiger partial charge in [-0.25, -0.2) is 8.42 Å². The molecule has 1 aromatic rings. The van der Waals surface area contributed by atoms with Crippen molar-refractivity contribution in [3.63, 3.8) is 0 Å². The lowest BCUT2D eigenvalue weighted by atomic mass is 10.1. The Labute approximate surface area is 122 Å². The van der Waals surface area contributed by atoms with Gasteiger partial charge in [0, 0.05) is 23.6 Å². The molecule has 0 amide bonds. The SMILES string of the molecule is Cc1ccc(S(=O)(=O)N2CC[C@H]3CNC[C@H]32)c(Br)c1. The van der Waals surface area contributed by atoms with Crippen LogP contribution in [0.25, 0.3) is 0 Å². The standard InChI is InChI=1S/C13H17BrN2O2S/c1-9-2-3-13(11(14)6-9)19(17,18)16-5-4-10-7-15-8-12(10)16/h2-3,6,10,12,15H,4-5,7-8H2,1H3/t10-,12+/m0/s1. The molecule has 19 heavy (non-hydrogen) atoms. The normalized spacial score (nSPS) is 27.7. The van der Waals surface area contributed by atoms with Gasteiger partial charge >= 0.3 is 0 Å². The molecule has 0 saturated carbocycles. The number of rotatable bonds is 2. The van der Waals surface area contributed by atoms with Gasteiger partial charge in [0.1, 0.15) is 0 Å². The van der Waals surface area contributed by atoms with Crippen molar-refractivity contribution in [1.29, 1.82) is 0 Å². The molecule has 0 aromatic heterocycles. The second-order valence-electron chi connectivity index (χ2n) is 5.32. The molecule has 104 valence electrons. The van der Waals surface area contributed by atoms with Crippen molar-refractivity contribution in [1.82, 2.24) is 9.62 Å². The van der Waals surface area contributed by atoms with Crippen LogP contribution in [0.4, 0.5) is 0 Å². The Morgan fingerprint density at radius 3 is 2.89 bits per heavy atom. The van der Waals surface area contributed by atoms with Crippen molar-refractivity contribution in [2.45, 2.75) is 24.3 Å². The Morgan fingerprint density at radius 1 is 1.37 bits per heavy atom. The summed E-state index contributed by atoms with van der Waals surface area (Å²) in [5.74, 6) is 0.471. The van der Waals surface area contributed by atoms with Gasteiger partial charge in [-0.1, -0.05) is 6.07 Å². The van der Waals surface area contributed by atoms with E-state index in [-0.39, 0.29) is 6.04 Å². The van der Waals surface area contributed by atoms with E-state index in [1.807, 2.05) is 19.1 Å². The van der Waals surface area contributed by atoms with E-state index in [0.29, 0.717) is 21.8 Å². The molecule has 4 nitrogen and oxygen atoms in total. The smallest absolute Gasteiger partial charge is 0.244 e. The minimum atomic E-state index is -3.39. The van der Waals surface area contributed by atoms with Gasteiger partial charge in [-0.15, -0.1) is 0 Å². The molecule has 2 saturated heterocycles. The largest absolute Gasteiger partial charge is 0.315 e. The highest BCUT2D eigenvalue weighted by molar-refractivity contribution is 9.10. The summed E-state index contributed by atoms with van der Waals surface area (Å²) in [5, 5.41) is 3.28. The highest BCUT2D eigenvalue weighted by Gasteiger charge is 2.44. The molecule has 2 fully saturated rings. The maximum atomic E-state index is 12.8. The summed E-state index contributed by atoms with van der Waals surface area (Å²) in [6.45, 7) is 4.30. The topological polar surface area (TPSA) is 49.4 Å². The highest BCUT2D eigenvalue weighted by Crippen LogP contribution is 2.34. The van der Waals surface area contributed by atoms with Crippen molar-refractivity contribution in [3.8, 4) is 0 Å². The molecule has 2 aliphatic rings. The molecule has 0 bridgehead atoms. The lowest BCUT2D eigenvalue weighted by molar-refractivity contribution is 0.382. The number of hydrogen-bond donors (Lipinski definition) is 1. The van der Waals surface area contributed by atoms with Crippen molar-refractivity contribution < 1.29 is 8.42 Å². The van der Waals surface area contributed by atoms with Crippen LogP contribution in [0.2, 0.25) is 0 Å². The molecule has 6 heteroatoms. The molecule has 1 N–H and O–H groups in total. The molecule has 2 heterocycles. The number of halogens is 1. The molecule has 2 aliphatic heterocycles. The van der Waals surface area contributed by atoms with Crippen molar-refractivity contribution >= 4 is 26.0 Å². The first-order chi connectivity index (χ1) is 9.00. The number of sulfonamides is 1. The van der Waals surface area contributed by atoms with Gasteiger partial charge in [0.15, 0.2) is 0 Å². The highest BCUT2D eigenvalue weighted by atomic mass is 79.9. The average molecular weight is 345 g/mol. The molecular formula is C13H17BrN2O2S. The van der Waals surface area contributed by atoms with Gasteiger partial charge in [-0.3, -0.25) is 0 Å². The summed E-state index contributed by atoms with van der Waals surface area (Å²) in [7, 11) is -3.39. The molecule has 0 spiro atoms. The predicted octanol–water partition coefficient (Wildman–Crippen LogP) is 1.74. The Bertz CT molecular complexity index is 603. The van der Waals surface area contributed by atoms with Gasteiger partial charge in [-0.05, 0) is 59.4 Å². The Morgan fingerprint density at radius 2 is 2.16 bits per heavy atom. The number of hydrogen-bond acceptors (Lipinski definition) is 3. The van der Waals surface area contributed by atoms with E-state index in [9.17, 15) is 8.42 Å². The molecule has 0 unspecified atom stereocenters. The van der Waals surface area contributed by atoms with E-state index in [4.69, 9.17) is 0 Å². The molecule has 3 rings (SSSR count). The zero-order valence-corrected chi connectivity index (χ0v) is 13.2. The first kappa shape index (κ1) is 13.5. The second kappa shape index (κ2) is 4.84. The molecule has 1 aromatic carbocycles. The fourth-order valence-corrected chi connectivity index (χ4v) is 5.90. The first-order valence-corrected chi connectivity index (χ1v) is 8.72. The van der Waals surface area contributed by atoms with Crippen molar-refractivity contribution in [2.24, 2.45) is 5.92 Å². The minimum Gasteiger partial charge on any atom is -0.315 e. The monoisotopic (exact) mass is 344 g/mol. The summed E-state index contributed by atoms with van der Waals surface area (Å²) >= 11 is 3.38. The number of nitrogens with one attached hydrogen (secondary N) is 1. The van der Waals surface area contributed by atoms with Crippen LogP contribution in [0.3, 0.4) is 0 Å².